The molecule has 0 saturated heterocycles. The van der Waals surface area contributed by atoms with Crippen LogP contribution in [0, 0.1) is 5.41 Å². The van der Waals surface area contributed by atoms with Crippen molar-refractivity contribution in [1.82, 2.24) is 5.32 Å². The molecule has 0 radical (unpaired) electrons. The lowest BCUT2D eigenvalue weighted by molar-refractivity contribution is 0.202. The van der Waals surface area contributed by atoms with Gasteiger partial charge in [0, 0.05) is 18.2 Å². The molecule has 0 aliphatic carbocycles. The SMILES string of the molecule is COc1ccccc1/C=C/CNC(CO)CC(C)(C)C. The zero-order valence-electron chi connectivity index (χ0n) is 13.0. The molecule has 1 aromatic rings. The average molecular weight is 277 g/mol. The number of benzene rings is 1. The van der Waals surface area contributed by atoms with Crippen LogP contribution in [-0.4, -0.2) is 31.4 Å². The molecule has 0 fully saturated rings. The minimum absolute atomic E-state index is 0.136. The van der Waals surface area contributed by atoms with Crippen molar-refractivity contribution in [3.8, 4) is 5.75 Å². The second-order valence-corrected chi connectivity index (χ2v) is 6.20. The number of hydrogen-bond acceptors (Lipinski definition) is 3. The molecule has 1 unspecified atom stereocenters. The fourth-order valence-electron chi connectivity index (χ4n) is 2.17. The minimum atomic E-state index is 0.136. The number of aliphatic hydroxyl groups is 1. The standard InChI is InChI=1S/C17H27NO2/c1-17(2,3)12-15(13-19)18-11-7-9-14-8-5-6-10-16(14)20-4/h5-10,15,18-19H,11-13H2,1-4H3/b9-7+. The van der Waals surface area contributed by atoms with E-state index < -0.39 is 0 Å². The Morgan fingerprint density at radius 2 is 2.00 bits per heavy atom. The van der Waals surface area contributed by atoms with Crippen molar-refractivity contribution < 1.29 is 9.84 Å². The number of hydrogen-bond donors (Lipinski definition) is 2. The van der Waals surface area contributed by atoms with E-state index in [4.69, 9.17) is 4.74 Å². The Labute approximate surface area is 122 Å². The third-order valence-corrected chi connectivity index (χ3v) is 3.04. The van der Waals surface area contributed by atoms with E-state index >= 15 is 0 Å². The molecular weight excluding hydrogens is 250 g/mol. The zero-order chi connectivity index (χ0) is 15.0. The van der Waals surface area contributed by atoms with E-state index in [1.54, 1.807) is 7.11 Å². The molecule has 3 nitrogen and oxygen atoms in total. The topological polar surface area (TPSA) is 41.5 Å². The Morgan fingerprint density at radius 3 is 2.60 bits per heavy atom. The number of rotatable bonds is 7. The molecule has 0 saturated carbocycles. The van der Waals surface area contributed by atoms with E-state index in [-0.39, 0.29) is 18.1 Å². The van der Waals surface area contributed by atoms with Crippen molar-refractivity contribution in [1.29, 1.82) is 0 Å². The molecule has 0 bridgehead atoms. The van der Waals surface area contributed by atoms with Gasteiger partial charge in [0.2, 0.25) is 0 Å². The summed E-state index contributed by atoms with van der Waals surface area (Å²) in [6, 6.07) is 8.06. The lowest BCUT2D eigenvalue weighted by Crippen LogP contribution is -2.36. The molecule has 3 heteroatoms. The minimum Gasteiger partial charge on any atom is -0.496 e. The van der Waals surface area contributed by atoms with Gasteiger partial charge in [-0.2, -0.15) is 0 Å². The Morgan fingerprint density at radius 1 is 1.30 bits per heavy atom. The van der Waals surface area contributed by atoms with E-state index in [9.17, 15) is 5.11 Å². The molecule has 0 aliphatic heterocycles. The highest BCUT2D eigenvalue weighted by molar-refractivity contribution is 5.57. The Bertz CT molecular complexity index is 421. The average Bonchev–Trinajstić information content (AvgIpc) is 2.41. The number of aliphatic hydroxyl groups excluding tert-OH is 1. The van der Waals surface area contributed by atoms with Crippen LogP contribution in [0.4, 0.5) is 0 Å². The van der Waals surface area contributed by atoms with Crippen LogP contribution in [0.3, 0.4) is 0 Å². The summed E-state index contributed by atoms with van der Waals surface area (Å²) < 4.78 is 5.30. The van der Waals surface area contributed by atoms with Gasteiger partial charge in [0.15, 0.2) is 0 Å². The van der Waals surface area contributed by atoms with Crippen molar-refractivity contribution in [2.45, 2.75) is 33.2 Å². The summed E-state index contributed by atoms with van der Waals surface area (Å²) in [5.41, 5.74) is 1.28. The highest BCUT2D eigenvalue weighted by Crippen LogP contribution is 2.21. The second kappa shape index (κ2) is 8.08. The molecule has 112 valence electrons. The van der Waals surface area contributed by atoms with Gasteiger partial charge in [-0.25, -0.2) is 0 Å². The first-order valence-corrected chi connectivity index (χ1v) is 7.10. The van der Waals surface area contributed by atoms with Gasteiger partial charge in [0.05, 0.1) is 13.7 Å². The van der Waals surface area contributed by atoms with Gasteiger partial charge in [-0.3, -0.25) is 0 Å². The highest BCUT2D eigenvalue weighted by Gasteiger charge is 2.16. The molecule has 0 heterocycles. The first-order chi connectivity index (χ1) is 9.46. The van der Waals surface area contributed by atoms with Crippen LogP contribution in [0.1, 0.15) is 32.8 Å². The first-order valence-electron chi connectivity index (χ1n) is 7.10. The van der Waals surface area contributed by atoms with Crippen LogP contribution >= 0.6 is 0 Å². The predicted molar refractivity (Wildman–Crippen MR) is 85.0 cm³/mol. The van der Waals surface area contributed by atoms with Crippen molar-refractivity contribution in [2.75, 3.05) is 20.3 Å². The van der Waals surface area contributed by atoms with Gasteiger partial charge in [-0.1, -0.05) is 51.1 Å². The van der Waals surface area contributed by atoms with Crippen LogP contribution in [0.15, 0.2) is 30.3 Å². The van der Waals surface area contributed by atoms with Crippen LogP contribution < -0.4 is 10.1 Å². The predicted octanol–water partition coefficient (Wildman–Crippen LogP) is 3.10. The van der Waals surface area contributed by atoms with Gasteiger partial charge in [0.1, 0.15) is 5.75 Å². The highest BCUT2D eigenvalue weighted by atomic mass is 16.5. The molecule has 0 amide bonds. The summed E-state index contributed by atoms with van der Waals surface area (Å²) in [6.45, 7) is 7.45. The molecular formula is C17H27NO2. The van der Waals surface area contributed by atoms with Gasteiger partial charge in [-0.05, 0) is 17.9 Å². The van der Waals surface area contributed by atoms with Gasteiger partial charge < -0.3 is 15.2 Å². The van der Waals surface area contributed by atoms with E-state index in [2.05, 4.69) is 32.2 Å². The molecule has 0 aliphatic rings. The van der Waals surface area contributed by atoms with E-state index in [1.165, 1.54) is 0 Å². The lowest BCUT2D eigenvalue weighted by atomic mass is 9.88. The van der Waals surface area contributed by atoms with Gasteiger partial charge in [0.25, 0.3) is 0 Å². The maximum atomic E-state index is 9.38. The van der Waals surface area contributed by atoms with E-state index in [1.807, 2.05) is 30.3 Å². The fraction of sp³-hybridized carbons (Fsp3) is 0.529. The molecule has 0 spiro atoms. The summed E-state index contributed by atoms with van der Waals surface area (Å²) in [6.07, 6.45) is 5.05. The first kappa shape index (κ1) is 16.7. The van der Waals surface area contributed by atoms with Gasteiger partial charge >= 0.3 is 0 Å². The Hall–Kier alpha value is -1.32. The van der Waals surface area contributed by atoms with Crippen molar-refractivity contribution in [3.05, 3.63) is 35.9 Å². The van der Waals surface area contributed by atoms with Crippen LogP contribution in [-0.2, 0) is 0 Å². The fourth-order valence-corrected chi connectivity index (χ4v) is 2.17. The van der Waals surface area contributed by atoms with Crippen molar-refractivity contribution in [3.63, 3.8) is 0 Å². The normalized spacial score (nSPS) is 13.7. The summed E-state index contributed by atoms with van der Waals surface area (Å²) in [4.78, 5) is 0. The number of ether oxygens (including phenoxy) is 1. The molecule has 1 rings (SSSR count). The Balaban J connectivity index is 2.48. The van der Waals surface area contributed by atoms with Crippen molar-refractivity contribution in [2.24, 2.45) is 5.41 Å². The number of nitrogens with one attached hydrogen (secondary N) is 1. The monoisotopic (exact) mass is 277 g/mol. The van der Waals surface area contributed by atoms with E-state index in [0.29, 0.717) is 0 Å². The largest absolute Gasteiger partial charge is 0.496 e. The molecule has 1 atom stereocenters. The summed E-state index contributed by atoms with van der Waals surface area (Å²) in [5.74, 6) is 0.872. The van der Waals surface area contributed by atoms with Gasteiger partial charge in [-0.15, -0.1) is 0 Å². The third-order valence-electron chi connectivity index (χ3n) is 3.04. The lowest BCUT2D eigenvalue weighted by Gasteiger charge is -2.25. The smallest absolute Gasteiger partial charge is 0.126 e. The number of methoxy groups -OCH3 is 1. The molecule has 0 aromatic heterocycles. The maximum Gasteiger partial charge on any atom is 0.126 e. The van der Waals surface area contributed by atoms with Crippen LogP contribution in [0.2, 0.25) is 0 Å². The summed E-state index contributed by atoms with van der Waals surface area (Å²) >= 11 is 0. The quantitative estimate of drug-likeness (QED) is 0.804. The Kier molecular flexibility index (Phi) is 6.76. The second-order valence-electron chi connectivity index (χ2n) is 6.20. The van der Waals surface area contributed by atoms with Crippen LogP contribution in [0.25, 0.3) is 6.08 Å². The maximum absolute atomic E-state index is 9.38. The molecule has 20 heavy (non-hydrogen) atoms. The van der Waals surface area contributed by atoms with E-state index in [0.717, 1.165) is 24.3 Å². The molecule has 2 N–H and O–H groups in total. The summed E-state index contributed by atoms with van der Waals surface area (Å²) in [7, 11) is 1.68. The van der Waals surface area contributed by atoms with Crippen molar-refractivity contribution >= 4 is 6.08 Å². The van der Waals surface area contributed by atoms with Crippen LogP contribution in [0.5, 0.6) is 5.75 Å². The zero-order valence-corrected chi connectivity index (χ0v) is 13.0. The summed E-state index contributed by atoms with van der Waals surface area (Å²) in [5, 5.41) is 12.7. The molecule has 1 aromatic carbocycles. The third kappa shape index (κ3) is 6.22. The number of para-hydroxylation sites is 1.